The van der Waals surface area contributed by atoms with Crippen LogP contribution in [0.4, 0.5) is 10.1 Å². The molecular weight excluding hydrogens is 379 g/mol. The summed E-state index contributed by atoms with van der Waals surface area (Å²) in [7, 11) is 0. The van der Waals surface area contributed by atoms with Gasteiger partial charge in [0.15, 0.2) is 5.82 Å². The van der Waals surface area contributed by atoms with E-state index in [2.05, 4.69) is 15.4 Å². The minimum absolute atomic E-state index is 0.0386. The average molecular weight is 400 g/mol. The van der Waals surface area contributed by atoms with E-state index in [1.807, 2.05) is 63.2 Å². The average Bonchev–Trinajstić information content (AvgIpc) is 3.17. The third kappa shape index (κ3) is 3.98. The van der Waals surface area contributed by atoms with Crippen LogP contribution in [-0.2, 0) is 0 Å². The fraction of sp³-hybridized carbons (Fsp3) is 0.125. The van der Waals surface area contributed by atoms with Crippen molar-refractivity contribution in [1.82, 2.24) is 14.8 Å². The first-order valence-electron chi connectivity index (χ1n) is 9.59. The van der Waals surface area contributed by atoms with Crippen LogP contribution in [-0.4, -0.2) is 20.7 Å². The maximum absolute atomic E-state index is 13.4. The number of amides is 1. The Bertz CT molecular complexity index is 1230. The van der Waals surface area contributed by atoms with Gasteiger partial charge in [0.1, 0.15) is 5.82 Å². The Kier molecular flexibility index (Phi) is 5.14. The lowest BCUT2D eigenvalue weighted by molar-refractivity contribution is 0.101. The minimum atomic E-state index is -0.404. The summed E-state index contributed by atoms with van der Waals surface area (Å²) in [5.74, 6) is -0.241. The number of carbonyl (C=O) groups is 1. The highest BCUT2D eigenvalue weighted by Gasteiger charge is 2.19. The Morgan fingerprint density at radius 3 is 2.40 bits per heavy atom. The Balaban J connectivity index is 1.77. The molecule has 0 fully saturated rings. The summed E-state index contributed by atoms with van der Waals surface area (Å²) in [5, 5.41) is 7.36. The van der Waals surface area contributed by atoms with Crippen molar-refractivity contribution >= 4 is 11.6 Å². The van der Waals surface area contributed by atoms with Crippen molar-refractivity contribution in [3.05, 3.63) is 95.1 Å². The number of halogens is 1. The van der Waals surface area contributed by atoms with Crippen LogP contribution in [0.25, 0.3) is 17.1 Å². The number of benzene rings is 3. The highest BCUT2D eigenvalue weighted by Crippen LogP contribution is 2.23. The van der Waals surface area contributed by atoms with Gasteiger partial charge in [0.25, 0.3) is 5.91 Å². The molecular formula is C24H21FN4O. The van der Waals surface area contributed by atoms with Crippen LogP contribution in [0.3, 0.4) is 0 Å². The molecule has 0 saturated heterocycles. The van der Waals surface area contributed by atoms with E-state index in [0.717, 1.165) is 28.1 Å². The second kappa shape index (κ2) is 7.91. The van der Waals surface area contributed by atoms with E-state index in [0.29, 0.717) is 11.4 Å². The number of anilines is 1. The standard InChI is InChI=1S/C24H21FN4O/c1-15-5-4-6-20(13-15)29-23(18-9-11-19(25)12-10-18)27-22(28-29)24(30)26-21-14-16(2)7-8-17(21)3/h4-14H,1-3H3,(H,26,30). The quantitative estimate of drug-likeness (QED) is 0.509. The van der Waals surface area contributed by atoms with Crippen LogP contribution >= 0.6 is 0 Å². The summed E-state index contributed by atoms with van der Waals surface area (Å²) < 4.78 is 15.0. The van der Waals surface area contributed by atoms with Gasteiger partial charge in [0, 0.05) is 11.3 Å². The van der Waals surface area contributed by atoms with Crippen molar-refractivity contribution in [1.29, 1.82) is 0 Å². The molecule has 0 aliphatic carbocycles. The van der Waals surface area contributed by atoms with Gasteiger partial charge in [0.05, 0.1) is 5.69 Å². The van der Waals surface area contributed by atoms with E-state index < -0.39 is 5.91 Å². The number of aryl methyl sites for hydroxylation is 3. The van der Waals surface area contributed by atoms with E-state index >= 15 is 0 Å². The van der Waals surface area contributed by atoms with Crippen LogP contribution in [0.15, 0.2) is 66.7 Å². The highest BCUT2D eigenvalue weighted by atomic mass is 19.1. The van der Waals surface area contributed by atoms with Gasteiger partial charge < -0.3 is 5.32 Å². The molecule has 0 saturated carbocycles. The maximum atomic E-state index is 13.4. The molecule has 1 N–H and O–H groups in total. The van der Waals surface area contributed by atoms with Crippen LogP contribution in [0.5, 0.6) is 0 Å². The lowest BCUT2D eigenvalue weighted by Gasteiger charge is -2.07. The van der Waals surface area contributed by atoms with Crippen molar-refractivity contribution in [3.63, 3.8) is 0 Å². The molecule has 4 rings (SSSR count). The molecule has 0 radical (unpaired) electrons. The smallest absolute Gasteiger partial charge is 0.295 e. The minimum Gasteiger partial charge on any atom is -0.319 e. The number of carbonyl (C=O) groups excluding carboxylic acids is 1. The van der Waals surface area contributed by atoms with Crippen molar-refractivity contribution in [2.75, 3.05) is 5.32 Å². The van der Waals surface area contributed by atoms with Gasteiger partial charge in [-0.2, -0.15) is 0 Å². The summed E-state index contributed by atoms with van der Waals surface area (Å²) in [6, 6.07) is 19.6. The van der Waals surface area contributed by atoms with Crippen LogP contribution in [0, 0.1) is 26.6 Å². The number of hydrogen-bond acceptors (Lipinski definition) is 3. The third-order valence-corrected chi connectivity index (χ3v) is 4.80. The first kappa shape index (κ1) is 19.5. The second-order valence-electron chi connectivity index (χ2n) is 7.29. The van der Waals surface area contributed by atoms with Crippen LogP contribution in [0.2, 0.25) is 0 Å². The molecule has 1 heterocycles. The Morgan fingerprint density at radius 2 is 1.67 bits per heavy atom. The van der Waals surface area contributed by atoms with E-state index in [4.69, 9.17) is 0 Å². The largest absolute Gasteiger partial charge is 0.319 e. The molecule has 4 aromatic rings. The summed E-state index contributed by atoms with van der Waals surface area (Å²) in [4.78, 5) is 17.4. The molecule has 3 aromatic carbocycles. The fourth-order valence-electron chi connectivity index (χ4n) is 3.18. The first-order chi connectivity index (χ1) is 14.4. The molecule has 0 spiro atoms. The lowest BCUT2D eigenvalue weighted by Crippen LogP contribution is -2.15. The molecule has 0 aliphatic heterocycles. The Morgan fingerprint density at radius 1 is 0.933 bits per heavy atom. The van der Waals surface area contributed by atoms with Gasteiger partial charge in [-0.25, -0.2) is 14.1 Å². The molecule has 1 amide bonds. The highest BCUT2D eigenvalue weighted by molar-refractivity contribution is 6.02. The normalized spacial score (nSPS) is 10.8. The molecule has 150 valence electrons. The molecule has 5 nitrogen and oxygen atoms in total. The van der Waals surface area contributed by atoms with Gasteiger partial charge in [-0.1, -0.05) is 24.3 Å². The number of nitrogens with one attached hydrogen (secondary N) is 1. The predicted molar refractivity (Wildman–Crippen MR) is 115 cm³/mol. The number of rotatable bonds is 4. The zero-order valence-corrected chi connectivity index (χ0v) is 17.0. The van der Waals surface area contributed by atoms with Crippen molar-refractivity contribution in [2.45, 2.75) is 20.8 Å². The number of hydrogen-bond donors (Lipinski definition) is 1. The Hall–Kier alpha value is -3.80. The molecule has 30 heavy (non-hydrogen) atoms. The molecule has 6 heteroatoms. The van der Waals surface area contributed by atoms with Gasteiger partial charge >= 0.3 is 0 Å². The van der Waals surface area contributed by atoms with E-state index in [1.54, 1.807) is 16.8 Å². The summed E-state index contributed by atoms with van der Waals surface area (Å²) in [5.41, 5.74) is 5.19. The molecule has 0 atom stereocenters. The topological polar surface area (TPSA) is 59.8 Å². The van der Waals surface area contributed by atoms with Crippen LogP contribution < -0.4 is 5.32 Å². The molecule has 0 unspecified atom stereocenters. The van der Waals surface area contributed by atoms with E-state index in [9.17, 15) is 9.18 Å². The number of aromatic nitrogens is 3. The first-order valence-corrected chi connectivity index (χ1v) is 9.59. The molecule has 0 bridgehead atoms. The second-order valence-corrected chi connectivity index (χ2v) is 7.29. The zero-order chi connectivity index (χ0) is 21.3. The summed E-state index contributed by atoms with van der Waals surface area (Å²) >= 11 is 0. The van der Waals surface area contributed by atoms with Gasteiger partial charge in [-0.15, -0.1) is 5.10 Å². The van der Waals surface area contributed by atoms with Gasteiger partial charge in [-0.3, -0.25) is 4.79 Å². The van der Waals surface area contributed by atoms with Crippen molar-refractivity contribution in [2.24, 2.45) is 0 Å². The third-order valence-electron chi connectivity index (χ3n) is 4.80. The maximum Gasteiger partial charge on any atom is 0.295 e. The van der Waals surface area contributed by atoms with E-state index in [-0.39, 0.29) is 11.6 Å². The summed E-state index contributed by atoms with van der Waals surface area (Å²) in [6.45, 7) is 5.87. The van der Waals surface area contributed by atoms with Crippen molar-refractivity contribution in [3.8, 4) is 17.1 Å². The molecule has 0 aliphatic rings. The summed E-state index contributed by atoms with van der Waals surface area (Å²) in [6.07, 6.45) is 0. The van der Waals surface area contributed by atoms with Crippen LogP contribution in [0.1, 0.15) is 27.3 Å². The fourth-order valence-corrected chi connectivity index (χ4v) is 3.18. The number of nitrogens with zero attached hydrogens (tertiary/aromatic N) is 3. The van der Waals surface area contributed by atoms with Gasteiger partial charge in [0.2, 0.25) is 5.82 Å². The molecule has 1 aromatic heterocycles. The van der Waals surface area contributed by atoms with Crippen molar-refractivity contribution < 1.29 is 9.18 Å². The SMILES string of the molecule is Cc1cccc(-n2nc(C(=O)Nc3cc(C)ccc3C)nc2-c2ccc(F)cc2)c1. The lowest BCUT2D eigenvalue weighted by atomic mass is 10.1. The Labute approximate surface area is 174 Å². The zero-order valence-electron chi connectivity index (χ0n) is 17.0. The monoisotopic (exact) mass is 400 g/mol. The van der Waals surface area contributed by atoms with E-state index in [1.165, 1.54) is 12.1 Å². The van der Waals surface area contributed by atoms with Gasteiger partial charge in [-0.05, 0) is 79.9 Å². The predicted octanol–water partition coefficient (Wildman–Crippen LogP) is 5.25.